The van der Waals surface area contributed by atoms with Gasteiger partial charge in [-0.2, -0.15) is 15.0 Å². The zero-order valence-electron chi connectivity index (χ0n) is 15.6. The number of rotatable bonds is 12. The fraction of sp³-hybridized carbons (Fsp3) is 0.714. The number of nitrogens with zero attached hydrogens (tertiary/aromatic N) is 5. The van der Waals surface area contributed by atoms with Crippen LogP contribution in [0.3, 0.4) is 0 Å². The number of ether oxygens (including phenoxy) is 4. The van der Waals surface area contributed by atoms with E-state index in [4.69, 9.17) is 18.9 Å². The lowest BCUT2D eigenvalue weighted by molar-refractivity contribution is -0.117. The quantitative estimate of drug-likeness (QED) is 0.447. The van der Waals surface area contributed by atoms with Crippen LogP contribution < -0.4 is 15.1 Å². The summed E-state index contributed by atoms with van der Waals surface area (Å²) in [7, 11) is 5.94. The van der Waals surface area contributed by atoms with Crippen LogP contribution in [0.4, 0.5) is 17.8 Å². The van der Waals surface area contributed by atoms with E-state index in [2.05, 4.69) is 20.3 Å². The lowest BCUT2D eigenvalue weighted by Gasteiger charge is -2.24. The van der Waals surface area contributed by atoms with Gasteiger partial charge in [0.15, 0.2) is 6.23 Å². The van der Waals surface area contributed by atoms with Crippen LogP contribution in [0.25, 0.3) is 0 Å². The molecule has 0 aliphatic rings. The number of methoxy groups -OCH3 is 4. The summed E-state index contributed by atoms with van der Waals surface area (Å²) in [5.41, 5.74) is 0. The van der Waals surface area contributed by atoms with Crippen molar-refractivity contribution in [1.82, 2.24) is 15.0 Å². The van der Waals surface area contributed by atoms with Crippen molar-refractivity contribution >= 4 is 23.8 Å². The maximum atomic E-state index is 11.9. The van der Waals surface area contributed by atoms with Gasteiger partial charge in [-0.25, -0.2) is 0 Å². The molecule has 1 heterocycles. The Morgan fingerprint density at radius 2 is 1.73 bits per heavy atom. The van der Waals surface area contributed by atoms with Crippen molar-refractivity contribution in [2.75, 3.05) is 70.4 Å². The van der Waals surface area contributed by atoms with E-state index < -0.39 is 13.0 Å². The third-order valence-corrected chi connectivity index (χ3v) is 3.12. The standard InChI is InChI=1S/C14H26N6O6/c1-10(22)20(9-25-4)14-17-12(15-11(26-5)6-23-2)16-13(18-14)19(7-21)8-24-3/h11,21H,6-9H2,1-5H3,(H,15,16,17,18). The molecule has 2 N–H and O–H groups in total. The molecule has 0 spiro atoms. The minimum Gasteiger partial charge on any atom is -0.380 e. The average Bonchev–Trinajstić information content (AvgIpc) is 2.63. The molecule has 0 saturated carbocycles. The second-order valence-electron chi connectivity index (χ2n) is 5.05. The first kappa shape index (κ1) is 21.9. The van der Waals surface area contributed by atoms with Crippen molar-refractivity contribution in [3.63, 3.8) is 0 Å². The Kier molecular flexibility index (Phi) is 9.69. The topological polar surface area (TPSA) is 131 Å². The molecule has 1 atom stereocenters. The Labute approximate surface area is 152 Å². The van der Waals surface area contributed by atoms with Crippen molar-refractivity contribution in [3.8, 4) is 0 Å². The van der Waals surface area contributed by atoms with Gasteiger partial charge in [0.25, 0.3) is 0 Å². The number of anilines is 3. The van der Waals surface area contributed by atoms with Crippen molar-refractivity contribution in [2.45, 2.75) is 13.2 Å². The number of amides is 1. The van der Waals surface area contributed by atoms with Crippen LogP contribution in [0, 0.1) is 0 Å². The Morgan fingerprint density at radius 1 is 1.08 bits per heavy atom. The third-order valence-electron chi connectivity index (χ3n) is 3.12. The second-order valence-corrected chi connectivity index (χ2v) is 5.05. The van der Waals surface area contributed by atoms with E-state index in [1.807, 2.05) is 0 Å². The number of carbonyl (C=O) groups is 1. The summed E-state index contributed by atoms with van der Waals surface area (Å²) in [5, 5.41) is 12.5. The Bertz CT molecular complexity index is 563. The number of aliphatic hydroxyl groups is 1. The zero-order chi connectivity index (χ0) is 19.5. The fourth-order valence-corrected chi connectivity index (χ4v) is 1.88. The highest BCUT2D eigenvalue weighted by Crippen LogP contribution is 2.17. The lowest BCUT2D eigenvalue weighted by atomic mass is 10.5. The minimum absolute atomic E-state index is 0.0372. The minimum atomic E-state index is -0.527. The molecule has 0 bridgehead atoms. The largest absolute Gasteiger partial charge is 0.380 e. The predicted molar refractivity (Wildman–Crippen MR) is 92.6 cm³/mol. The third kappa shape index (κ3) is 6.31. The monoisotopic (exact) mass is 374 g/mol. The molecule has 1 unspecified atom stereocenters. The Morgan fingerprint density at radius 3 is 2.23 bits per heavy atom. The van der Waals surface area contributed by atoms with Gasteiger partial charge in [-0.05, 0) is 0 Å². The predicted octanol–water partition coefficient (Wildman–Crippen LogP) is -0.781. The summed E-state index contributed by atoms with van der Waals surface area (Å²) in [6.45, 7) is 1.19. The van der Waals surface area contributed by atoms with E-state index in [0.717, 1.165) is 0 Å². The molecule has 1 aromatic rings. The normalized spacial score (nSPS) is 11.9. The summed E-state index contributed by atoms with van der Waals surface area (Å²) in [4.78, 5) is 27.1. The molecular weight excluding hydrogens is 348 g/mol. The van der Waals surface area contributed by atoms with Gasteiger partial charge in [-0.1, -0.05) is 0 Å². The maximum Gasteiger partial charge on any atom is 0.240 e. The maximum absolute atomic E-state index is 11.9. The average molecular weight is 374 g/mol. The molecule has 26 heavy (non-hydrogen) atoms. The molecule has 0 aliphatic carbocycles. The van der Waals surface area contributed by atoms with Crippen LogP contribution in [0.5, 0.6) is 0 Å². The van der Waals surface area contributed by atoms with Gasteiger partial charge in [0.05, 0.1) is 6.61 Å². The van der Waals surface area contributed by atoms with Crippen molar-refractivity contribution < 1.29 is 28.8 Å². The first-order valence-corrected chi connectivity index (χ1v) is 7.66. The smallest absolute Gasteiger partial charge is 0.240 e. The molecule has 0 fully saturated rings. The van der Waals surface area contributed by atoms with Gasteiger partial charge in [0.2, 0.25) is 23.8 Å². The van der Waals surface area contributed by atoms with Gasteiger partial charge in [-0.15, -0.1) is 0 Å². The summed E-state index contributed by atoms with van der Waals surface area (Å²) < 4.78 is 20.3. The van der Waals surface area contributed by atoms with Crippen molar-refractivity contribution in [3.05, 3.63) is 0 Å². The number of nitrogens with one attached hydrogen (secondary N) is 1. The van der Waals surface area contributed by atoms with Gasteiger partial charge in [0, 0.05) is 35.4 Å². The lowest BCUT2D eigenvalue weighted by Crippen LogP contribution is -2.35. The fourth-order valence-electron chi connectivity index (χ4n) is 1.88. The van der Waals surface area contributed by atoms with Crippen molar-refractivity contribution in [1.29, 1.82) is 0 Å². The van der Waals surface area contributed by atoms with Crippen LogP contribution in [0.15, 0.2) is 0 Å². The molecule has 12 heteroatoms. The highest BCUT2D eigenvalue weighted by Gasteiger charge is 2.21. The molecule has 12 nitrogen and oxygen atoms in total. The summed E-state index contributed by atoms with van der Waals surface area (Å²) in [5.74, 6) is -0.0339. The molecule has 1 amide bonds. The number of aromatic nitrogens is 3. The van der Waals surface area contributed by atoms with Crippen LogP contribution in [0.2, 0.25) is 0 Å². The Balaban J connectivity index is 3.30. The van der Waals surface area contributed by atoms with E-state index in [1.165, 1.54) is 45.2 Å². The molecule has 0 radical (unpaired) electrons. The molecule has 0 aliphatic heterocycles. The molecule has 0 aromatic carbocycles. The van der Waals surface area contributed by atoms with Gasteiger partial charge in [0.1, 0.15) is 20.2 Å². The first-order chi connectivity index (χ1) is 12.5. The summed E-state index contributed by atoms with van der Waals surface area (Å²) in [6.07, 6.45) is -0.527. The van der Waals surface area contributed by atoms with Crippen LogP contribution in [-0.2, 0) is 23.7 Å². The van der Waals surface area contributed by atoms with E-state index in [1.54, 1.807) is 0 Å². The number of hydrogen-bond acceptors (Lipinski definition) is 11. The summed E-state index contributed by atoms with van der Waals surface area (Å²) >= 11 is 0. The molecular formula is C14H26N6O6. The SMILES string of the molecule is COCC(Nc1nc(N(CO)COC)nc(N(COC)C(C)=O)n1)OC. The Hall–Kier alpha value is -2.12. The summed E-state index contributed by atoms with van der Waals surface area (Å²) in [6, 6.07) is 0. The van der Waals surface area contributed by atoms with Gasteiger partial charge >= 0.3 is 0 Å². The van der Waals surface area contributed by atoms with Gasteiger partial charge < -0.3 is 29.4 Å². The van der Waals surface area contributed by atoms with Crippen LogP contribution in [-0.4, -0.2) is 87.4 Å². The van der Waals surface area contributed by atoms with E-state index in [0.29, 0.717) is 0 Å². The molecule has 1 aromatic heterocycles. The van der Waals surface area contributed by atoms with Crippen molar-refractivity contribution in [2.24, 2.45) is 0 Å². The highest BCUT2D eigenvalue weighted by atomic mass is 16.5. The number of hydrogen-bond donors (Lipinski definition) is 2. The number of aliphatic hydroxyl groups excluding tert-OH is 1. The van der Waals surface area contributed by atoms with Gasteiger partial charge in [-0.3, -0.25) is 14.6 Å². The van der Waals surface area contributed by atoms with E-state index in [-0.39, 0.29) is 43.8 Å². The number of carbonyl (C=O) groups excluding carboxylic acids is 1. The second kappa shape index (κ2) is 11.5. The zero-order valence-corrected chi connectivity index (χ0v) is 15.6. The molecule has 148 valence electrons. The molecule has 1 rings (SSSR count). The van der Waals surface area contributed by atoms with E-state index in [9.17, 15) is 9.90 Å². The highest BCUT2D eigenvalue weighted by molar-refractivity contribution is 5.89. The van der Waals surface area contributed by atoms with Crippen LogP contribution >= 0.6 is 0 Å². The van der Waals surface area contributed by atoms with E-state index >= 15 is 0 Å². The first-order valence-electron chi connectivity index (χ1n) is 7.66. The van der Waals surface area contributed by atoms with Crippen LogP contribution in [0.1, 0.15) is 6.92 Å². The molecule has 0 saturated heterocycles.